The summed E-state index contributed by atoms with van der Waals surface area (Å²) >= 11 is 0. The van der Waals surface area contributed by atoms with Crippen LogP contribution in [0.4, 0.5) is 0 Å². The first-order valence-corrected chi connectivity index (χ1v) is 7.22. The molecule has 8 heteroatoms. The van der Waals surface area contributed by atoms with Crippen molar-refractivity contribution in [2.45, 2.75) is 43.8 Å². The number of aliphatic hydroxyl groups is 1. The number of hydrogen-bond acceptors (Lipinski definition) is 5. The Kier molecular flexibility index (Phi) is 5.13. The fourth-order valence-corrected chi connectivity index (χ4v) is 2.85. The van der Waals surface area contributed by atoms with Crippen LogP contribution in [0.25, 0.3) is 0 Å². The second kappa shape index (κ2) is 6.86. The maximum absolute atomic E-state index is 12.3. The standard InChI is InChI=1S/C13H21N3O5/c17-7-9(15-11(18)8-3-1-5-14-8)12(19)16-6-2-4-10(16)13(20)21/h8-10,14,17H,1-7H2,(H,15,18)(H,20,21)/t8-,9-,10-/m0/s1. The third kappa shape index (κ3) is 3.51. The van der Waals surface area contributed by atoms with E-state index >= 15 is 0 Å². The molecule has 0 aromatic heterocycles. The van der Waals surface area contributed by atoms with Crippen molar-refractivity contribution in [1.82, 2.24) is 15.5 Å². The Labute approximate surface area is 122 Å². The number of hydrogen-bond donors (Lipinski definition) is 4. The lowest BCUT2D eigenvalue weighted by Gasteiger charge is -2.27. The maximum Gasteiger partial charge on any atom is 0.326 e. The summed E-state index contributed by atoms with van der Waals surface area (Å²) < 4.78 is 0. The molecule has 2 rings (SSSR count). The number of carboxylic acids is 1. The number of aliphatic hydroxyl groups excluding tert-OH is 1. The fraction of sp³-hybridized carbons (Fsp3) is 0.769. The number of nitrogens with one attached hydrogen (secondary N) is 2. The normalized spacial score (nSPS) is 26.6. The highest BCUT2D eigenvalue weighted by Gasteiger charge is 2.38. The monoisotopic (exact) mass is 299 g/mol. The Morgan fingerprint density at radius 3 is 2.62 bits per heavy atom. The van der Waals surface area contributed by atoms with Gasteiger partial charge in [-0.2, -0.15) is 0 Å². The molecule has 2 heterocycles. The minimum absolute atomic E-state index is 0.328. The third-order valence-corrected chi connectivity index (χ3v) is 3.99. The van der Waals surface area contributed by atoms with Crippen LogP contribution in [0.5, 0.6) is 0 Å². The predicted octanol–water partition coefficient (Wildman–Crippen LogP) is -1.71. The molecule has 2 fully saturated rings. The van der Waals surface area contributed by atoms with Gasteiger partial charge in [-0.25, -0.2) is 4.79 Å². The lowest BCUT2D eigenvalue weighted by Crippen LogP contribution is -2.55. The minimum atomic E-state index is -1.08. The van der Waals surface area contributed by atoms with E-state index in [1.54, 1.807) is 0 Å². The van der Waals surface area contributed by atoms with E-state index < -0.39 is 30.6 Å². The second-order valence-electron chi connectivity index (χ2n) is 5.42. The van der Waals surface area contributed by atoms with Gasteiger partial charge in [0.2, 0.25) is 11.8 Å². The van der Waals surface area contributed by atoms with Crippen molar-refractivity contribution in [2.75, 3.05) is 19.7 Å². The molecule has 3 atom stereocenters. The highest BCUT2D eigenvalue weighted by molar-refractivity contribution is 5.92. The maximum atomic E-state index is 12.3. The third-order valence-electron chi connectivity index (χ3n) is 3.99. The Morgan fingerprint density at radius 1 is 1.29 bits per heavy atom. The molecule has 8 nitrogen and oxygen atoms in total. The number of nitrogens with zero attached hydrogens (tertiary/aromatic N) is 1. The quantitative estimate of drug-likeness (QED) is 0.480. The molecule has 0 aliphatic carbocycles. The molecule has 0 aromatic carbocycles. The average molecular weight is 299 g/mol. The smallest absolute Gasteiger partial charge is 0.326 e. The van der Waals surface area contributed by atoms with Crippen LogP contribution in [-0.4, -0.2) is 70.7 Å². The molecule has 0 aromatic rings. The summed E-state index contributed by atoms with van der Waals surface area (Å²) in [6.07, 6.45) is 2.60. The van der Waals surface area contributed by atoms with Crippen molar-refractivity contribution >= 4 is 17.8 Å². The first-order chi connectivity index (χ1) is 10.0. The Bertz CT molecular complexity index is 422. The summed E-state index contributed by atoms with van der Waals surface area (Å²) in [6, 6.07) is -2.30. The summed E-state index contributed by atoms with van der Waals surface area (Å²) in [5.74, 6) is -1.92. The lowest BCUT2D eigenvalue weighted by atomic mass is 10.1. The van der Waals surface area contributed by atoms with Crippen molar-refractivity contribution in [3.63, 3.8) is 0 Å². The van der Waals surface area contributed by atoms with Gasteiger partial charge in [0.25, 0.3) is 0 Å². The molecule has 0 spiro atoms. The molecule has 0 radical (unpaired) electrons. The van der Waals surface area contributed by atoms with E-state index in [-0.39, 0.29) is 11.9 Å². The molecule has 21 heavy (non-hydrogen) atoms. The molecule has 2 saturated heterocycles. The van der Waals surface area contributed by atoms with Crippen molar-refractivity contribution < 1.29 is 24.6 Å². The van der Waals surface area contributed by atoms with E-state index in [1.807, 2.05) is 0 Å². The zero-order chi connectivity index (χ0) is 15.4. The molecular formula is C13H21N3O5. The number of carboxylic acid groups (broad SMARTS) is 1. The first kappa shape index (κ1) is 15.7. The lowest BCUT2D eigenvalue weighted by molar-refractivity contribution is -0.149. The van der Waals surface area contributed by atoms with Crippen molar-refractivity contribution in [1.29, 1.82) is 0 Å². The summed E-state index contributed by atoms with van der Waals surface area (Å²) in [4.78, 5) is 36.6. The van der Waals surface area contributed by atoms with E-state index in [1.165, 1.54) is 4.90 Å². The molecule has 0 bridgehead atoms. The Morgan fingerprint density at radius 2 is 2.05 bits per heavy atom. The largest absolute Gasteiger partial charge is 0.480 e. The first-order valence-electron chi connectivity index (χ1n) is 7.22. The summed E-state index contributed by atoms with van der Waals surface area (Å²) in [7, 11) is 0. The number of likely N-dealkylation sites (tertiary alicyclic amines) is 1. The number of aliphatic carboxylic acids is 1. The van der Waals surface area contributed by atoms with E-state index in [0.717, 1.165) is 13.0 Å². The van der Waals surface area contributed by atoms with Crippen LogP contribution in [0.15, 0.2) is 0 Å². The van der Waals surface area contributed by atoms with Gasteiger partial charge in [0, 0.05) is 6.54 Å². The van der Waals surface area contributed by atoms with E-state index in [4.69, 9.17) is 5.11 Å². The second-order valence-corrected chi connectivity index (χ2v) is 5.42. The zero-order valence-electron chi connectivity index (χ0n) is 11.7. The van der Waals surface area contributed by atoms with E-state index in [0.29, 0.717) is 25.8 Å². The molecule has 2 amide bonds. The SMILES string of the molecule is O=C(N[C@@H](CO)C(=O)N1CCC[C@H]1C(=O)O)[C@@H]1CCCN1. The van der Waals surface area contributed by atoms with Gasteiger partial charge in [-0.15, -0.1) is 0 Å². The fourth-order valence-electron chi connectivity index (χ4n) is 2.85. The summed E-state index contributed by atoms with van der Waals surface area (Å²) in [6.45, 7) is 0.549. The molecule has 2 aliphatic rings. The van der Waals surface area contributed by atoms with Gasteiger partial charge in [-0.3, -0.25) is 9.59 Å². The van der Waals surface area contributed by atoms with E-state index in [2.05, 4.69) is 10.6 Å². The van der Waals surface area contributed by atoms with Gasteiger partial charge in [0.15, 0.2) is 0 Å². The highest BCUT2D eigenvalue weighted by Crippen LogP contribution is 2.18. The van der Waals surface area contributed by atoms with Gasteiger partial charge in [-0.1, -0.05) is 0 Å². The van der Waals surface area contributed by atoms with Crippen LogP contribution >= 0.6 is 0 Å². The van der Waals surface area contributed by atoms with Crippen LogP contribution in [0.2, 0.25) is 0 Å². The summed E-state index contributed by atoms with van der Waals surface area (Å²) in [5.41, 5.74) is 0. The van der Waals surface area contributed by atoms with Gasteiger partial charge in [0.1, 0.15) is 12.1 Å². The van der Waals surface area contributed by atoms with Crippen molar-refractivity contribution in [3.05, 3.63) is 0 Å². The Balaban J connectivity index is 1.97. The van der Waals surface area contributed by atoms with Gasteiger partial charge in [-0.05, 0) is 32.2 Å². The molecule has 4 N–H and O–H groups in total. The summed E-state index contributed by atoms with van der Waals surface area (Å²) in [5, 5.41) is 23.9. The van der Waals surface area contributed by atoms with Gasteiger partial charge >= 0.3 is 5.97 Å². The molecule has 0 unspecified atom stereocenters. The number of carbonyl (C=O) groups is 3. The predicted molar refractivity (Wildman–Crippen MR) is 72.4 cm³/mol. The Hall–Kier alpha value is -1.67. The van der Waals surface area contributed by atoms with Crippen LogP contribution in [0.1, 0.15) is 25.7 Å². The van der Waals surface area contributed by atoms with Crippen molar-refractivity contribution in [2.24, 2.45) is 0 Å². The highest BCUT2D eigenvalue weighted by atomic mass is 16.4. The zero-order valence-corrected chi connectivity index (χ0v) is 11.7. The van der Waals surface area contributed by atoms with Crippen LogP contribution in [-0.2, 0) is 14.4 Å². The van der Waals surface area contributed by atoms with E-state index in [9.17, 15) is 19.5 Å². The van der Waals surface area contributed by atoms with Crippen LogP contribution in [0.3, 0.4) is 0 Å². The number of rotatable bonds is 5. The molecular weight excluding hydrogens is 278 g/mol. The molecule has 2 aliphatic heterocycles. The topological polar surface area (TPSA) is 119 Å². The van der Waals surface area contributed by atoms with Crippen LogP contribution in [0, 0.1) is 0 Å². The van der Waals surface area contributed by atoms with Crippen molar-refractivity contribution in [3.8, 4) is 0 Å². The number of amides is 2. The average Bonchev–Trinajstić information content (AvgIpc) is 3.13. The molecule has 0 saturated carbocycles. The molecule has 118 valence electrons. The van der Waals surface area contributed by atoms with Gasteiger partial charge < -0.3 is 25.7 Å². The van der Waals surface area contributed by atoms with Crippen LogP contribution < -0.4 is 10.6 Å². The number of carbonyl (C=O) groups excluding carboxylic acids is 2. The van der Waals surface area contributed by atoms with Gasteiger partial charge in [0.05, 0.1) is 12.6 Å². The minimum Gasteiger partial charge on any atom is -0.480 e.